The van der Waals surface area contributed by atoms with Gasteiger partial charge in [0.05, 0.1) is 6.04 Å². The summed E-state index contributed by atoms with van der Waals surface area (Å²) >= 11 is 0. The summed E-state index contributed by atoms with van der Waals surface area (Å²) < 4.78 is 0. The maximum absolute atomic E-state index is 11.7. The lowest BCUT2D eigenvalue weighted by Gasteiger charge is -2.70. The van der Waals surface area contributed by atoms with Gasteiger partial charge < -0.3 is 0 Å². The molecule has 0 aromatic heterocycles. The van der Waals surface area contributed by atoms with Crippen LogP contribution in [0.4, 0.5) is 0 Å². The van der Waals surface area contributed by atoms with E-state index in [0.29, 0.717) is 33.0 Å². The number of allylic oxidation sites excluding steroid dienone is 2. The van der Waals surface area contributed by atoms with Crippen molar-refractivity contribution in [1.29, 1.82) is 0 Å². The highest BCUT2D eigenvalue weighted by atomic mass is 16.3. The number of fused-ring (bicyclic) bond motifs is 7. The summed E-state index contributed by atoms with van der Waals surface area (Å²) in [6, 6.07) is -0.00149. The molecule has 0 amide bonds. The molecular weight excluding hydrogens is 390 g/mol. The molecule has 180 valence electrons. The van der Waals surface area contributed by atoms with E-state index in [1.54, 1.807) is 0 Å². The Balaban J connectivity index is 1.55. The first-order valence-electron chi connectivity index (χ1n) is 13.8. The lowest BCUT2D eigenvalue weighted by atomic mass is 9.35. The minimum atomic E-state index is -0.00149. The zero-order valence-electron chi connectivity index (χ0n) is 22.3. The molecule has 2 heteroatoms. The number of rotatable bonds is 1. The van der Waals surface area contributed by atoms with Gasteiger partial charge in [0.2, 0.25) is 0 Å². The zero-order valence-corrected chi connectivity index (χ0v) is 22.3. The molecule has 5 aliphatic rings. The van der Waals surface area contributed by atoms with Crippen LogP contribution in [0.1, 0.15) is 120 Å². The van der Waals surface area contributed by atoms with E-state index in [-0.39, 0.29) is 11.5 Å². The molecule has 0 N–H and O–H groups in total. The van der Waals surface area contributed by atoms with Crippen molar-refractivity contribution >= 4 is 0 Å². The van der Waals surface area contributed by atoms with Crippen molar-refractivity contribution in [1.82, 2.24) is 0 Å². The second kappa shape index (κ2) is 6.72. The van der Waals surface area contributed by atoms with Crippen LogP contribution in [0, 0.1) is 55.2 Å². The Hall–Kier alpha value is -0.660. The van der Waals surface area contributed by atoms with Crippen LogP contribution < -0.4 is 0 Å². The van der Waals surface area contributed by atoms with E-state index >= 15 is 0 Å². The monoisotopic (exact) mass is 439 g/mol. The maximum Gasteiger partial charge on any atom is 0.0973 e. The van der Waals surface area contributed by atoms with Crippen molar-refractivity contribution in [3.63, 3.8) is 0 Å². The fourth-order valence-corrected chi connectivity index (χ4v) is 11.0. The molecule has 0 aliphatic heterocycles. The highest BCUT2D eigenvalue weighted by Gasteiger charge is 2.66. The topological polar surface area (TPSA) is 29.4 Å². The lowest BCUT2D eigenvalue weighted by Crippen LogP contribution is -2.62. The normalized spacial score (nSPS) is 53.7. The molecule has 4 saturated carbocycles. The van der Waals surface area contributed by atoms with Crippen LogP contribution in [-0.2, 0) is 0 Å². The summed E-state index contributed by atoms with van der Waals surface area (Å²) in [5.74, 6) is 2.13. The van der Waals surface area contributed by atoms with Crippen LogP contribution in [0.15, 0.2) is 16.8 Å². The van der Waals surface area contributed by atoms with Crippen LogP contribution in [-0.4, -0.2) is 6.04 Å². The SMILES string of the molecule is CC1(C)CCC2(C)CCC3C(=CCC4C3(C)CCC3C(C)(C)C(N=O)CCC34C)C2(C)C1. The van der Waals surface area contributed by atoms with E-state index < -0.39 is 0 Å². The minimum Gasteiger partial charge on any atom is -0.150 e. The van der Waals surface area contributed by atoms with E-state index in [9.17, 15) is 4.91 Å². The standard InChI is InChI=1S/C30H49NO/c1-25(2)17-18-27(5)14-11-20-21(30(27,8)19-25)9-10-23-28(20,6)15-12-22-26(3,4)24(31-32)13-16-29(22,23)7/h9,20,22-24H,10-19H2,1-8H3. The van der Waals surface area contributed by atoms with Gasteiger partial charge in [-0.25, -0.2) is 0 Å². The quantitative estimate of drug-likeness (QED) is 0.296. The maximum atomic E-state index is 11.7. The van der Waals surface area contributed by atoms with Crippen molar-refractivity contribution in [3.05, 3.63) is 16.6 Å². The highest BCUT2D eigenvalue weighted by molar-refractivity contribution is 5.33. The molecule has 0 aromatic rings. The van der Waals surface area contributed by atoms with Gasteiger partial charge >= 0.3 is 0 Å². The molecular formula is C30H49NO. The van der Waals surface area contributed by atoms with Gasteiger partial charge in [0, 0.05) is 0 Å². The van der Waals surface area contributed by atoms with Gasteiger partial charge in [0.25, 0.3) is 0 Å². The summed E-state index contributed by atoms with van der Waals surface area (Å²) in [4.78, 5) is 11.7. The van der Waals surface area contributed by atoms with E-state index in [1.165, 1.54) is 57.8 Å². The largest absolute Gasteiger partial charge is 0.150 e. The van der Waals surface area contributed by atoms with Gasteiger partial charge in [-0.2, -0.15) is 4.91 Å². The third-order valence-corrected chi connectivity index (χ3v) is 13.1. The molecule has 5 aliphatic carbocycles. The summed E-state index contributed by atoms with van der Waals surface area (Å²) in [5.41, 5.74) is 3.95. The Morgan fingerprint density at radius 2 is 1.47 bits per heavy atom. The van der Waals surface area contributed by atoms with E-state index in [2.05, 4.69) is 66.6 Å². The van der Waals surface area contributed by atoms with Gasteiger partial charge in [-0.1, -0.05) is 72.2 Å². The lowest BCUT2D eigenvalue weighted by molar-refractivity contribution is -0.166. The van der Waals surface area contributed by atoms with Crippen molar-refractivity contribution in [2.24, 2.45) is 55.4 Å². The fraction of sp³-hybridized carbons (Fsp3) is 0.933. The molecule has 8 unspecified atom stereocenters. The number of nitroso groups, excluding NO2 is 1. The third kappa shape index (κ3) is 2.76. The van der Waals surface area contributed by atoms with Gasteiger partial charge in [0.15, 0.2) is 0 Å². The molecule has 32 heavy (non-hydrogen) atoms. The van der Waals surface area contributed by atoms with Crippen molar-refractivity contribution in [2.45, 2.75) is 126 Å². The van der Waals surface area contributed by atoms with E-state index in [1.807, 2.05) is 5.57 Å². The second-order valence-electron chi connectivity index (χ2n) is 15.4. The van der Waals surface area contributed by atoms with Crippen LogP contribution in [0.25, 0.3) is 0 Å². The fourth-order valence-electron chi connectivity index (χ4n) is 11.0. The van der Waals surface area contributed by atoms with Crippen molar-refractivity contribution < 1.29 is 0 Å². The summed E-state index contributed by atoms with van der Waals surface area (Å²) in [6.07, 6.45) is 15.8. The van der Waals surface area contributed by atoms with Crippen molar-refractivity contribution in [2.75, 3.05) is 0 Å². The van der Waals surface area contributed by atoms with Crippen molar-refractivity contribution in [3.8, 4) is 0 Å². The smallest absolute Gasteiger partial charge is 0.0973 e. The Kier molecular flexibility index (Phi) is 4.85. The van der Waals surface area contributed by atoms with E-state index in [0.717, 1.165) is 18.3 Å². The summed E-state index contributed by atoms with van der Waals surface area (Å²) in [6.45, 7) is 20.3. The predicted molar refractivity (Wildman–Crippen MR) is 134 cm³/mol. The first kappa shape index (κ1) is 23.1. The molecule has 0 bridgehead atoms. The molecule has 0 aromatic carbocycles. The molecule has 0 saturated heterocycles. The van der Waals surface area contributed by atoms with E-state index in [4.69, 9.17) is 0 Å². The van der Waals surface area contributed by atoms with Gasteiger partial charge in [-0.3, -0.25) is 0 Å². The minimum absolute atomic E-state index is 0.00149. The average molecular weight is 440 g/mol. The van der Waals surface area contributed by atoms with Gasteiger partial charge in [0.1, 0.15) is 0 Å². The average Bonchev–Trinajstić information content (AvgIpc) is 2.68. The molecule has 0 heterocycles. The van der Waals surface area contributed by atoms with Gasteiger partial charge in [-0.05, 0) is 114 Å². The third-order valence-electron chi connectivity index (χ3n) is 13.1. The Morgan fingerprint density at radius 1 is 0.781 bits per heavy atom. The molecule has 0 spiro atoms. The van der Waals surface area contributed by atoms with Crippen LogP contribution in [0.3, 0.4) is 0 Å². The predicted octanol–water partition coefficient (Wildman–Crippen LogP) is 8.94. The Labute approximate surface area is 197 Å². The van der Waals surface area contributed by atoms with Crippen LogP contribution in [0.2, 0.25) is 0 Å². The number of hydrogen-bond acceptors (Lipinski definition) is 2. The van der Waals surface area contributed by atoms with Crippen LogP contribution in [0.5, 0.6) is 0 Å². The molecule has 5 rings (SSSR count). The zero-order chi connectivity index (χ0) is 23.4. The summed E-state index contributed by atoms with van der Waals surface area (Å²) in [7, 11) is 0. The Morgan fingerprint density at radius 3 is 2.16 bits per heavy atom. The molecule has 4 fully saturated rings. The van der Waals surface area contributed by atoms with Gasteiger partial charge in [-0.15, -0.1) is 0 Å². The highest BCUT2D eigenvalue weighted by Crippen LogP contribution is 2.74. The summed E-state index contributed by atoms with van der Waals surface area (Å²) in [5, 5.41) is 3.62. The van der Waals surface area contributed by atoms with Crippen LogP contribution >= 0.6 is 0 Å². The molecule has 0 radical (unpaired) electrons. The number of hydrogen-bond donors (Lipinski definition) is 0. The number of nitrogens with zero attached hydrogens (tertiary/aromatic N) is 1. The Bertz CT molecular complexity index is 840. The first-order valence-corrected chi connectivity index (χ1v) is 13.8. The first-order chi connectivity index (χ1) is 14.7. The molecule has 8 atom stereocenters. The molecule has 2 nitrogen and oxygen atoms in total. The second-order valence-corrected chi connectivity index (χ2v) is 15.4.